The molecule has 0 aliphatic carbocycles. The van der Waals surface area contributed by atoms with Crippen LogP contribution in [0.3, 0.4) is 0 Å². The molecule has 0 unspecified atom stereocenters. The van der Waals surface area contributed by atoms with Crippen LogP contribution in [0, 0.1) is 0 Å². The second kappa shape index (κ2) is 5.20. The summed E-state index contributed by atoms with van der Waals surface area (Å²) in [6.07, 6.45) is 1.91. The highest BCUT2D eigenvalue weighted by Crippen LogP contribution is 2.19. The monoisotopic (exact) mass is 255 g/mol. The van der Waals surface area contributed by atoms with Crippen molar-refractivity contribution < 1.29 is 23.9 Å². The zero-order valence-corrected chi connectivity index (χ0v) is 10.9. The van der Waals surface area contributed by atoms with E-state index in [1.807, 2.05) is 0 Å². The van der Waals surface area contributed by atoms with Crippen LogP contribution in [0.2, 0.25) is 0 Å². The number of methoxy groups -OCH3 is 1. The van der Waals surface area contributed by atoms with Crippen molar-refractivity contribution in [1.29, 1.82) is 0 Å². The molecule has 0 bridgehead atoms. The second-order valence-electron chi connectivity index (χ2n) is 4.90. The predicted molar refractivity (Wildman–Crippen MR) is 62.6 cm³/mol. The van der Waals surface area contributed by atoms with Gasteiger partial charge in [-0.2, -0.15) is 0 Å². The van der Waals surface area contributed by atoms with Crippen molar-refractivity contribution in [2.45, 2.75) is 38.8 Å². The van der Waals surface area contributed by atoms with Crippen molar-refractivity contribution in [3.8, 4) is 0 Å². The molecular formula is C12H17NO5. The standard InChI is InChI=1S/C12H17NO5/c1-12(2,3)18-11(16)13-8(5-6-9(13)14)7-10(15)17-4/h5-6,8H,7H2,1-4H3/t8-/m1/s1. The normalized spacial score (nSPS) is 19.0. The van der Waals surface area contributed by atoms with Crippen molar-refractivity contribution >= 4 is 18.0 Å². The molecule has 1 aliphatic rings. The first-order chi connectivity index (χ1) is 8.24. The highest BCUT2D eigenvalue weighted by Gasteiger charge is 2.36. The SMILES string of the molecule is COC(=O)C[C@H]1C=CC(=O)N1C(=O)OC(C)(C)C. The van der Waals surface area contributed by atoms with Gasteiger partial charge < -0.3 is 9.47 Å². The second-order valence-corrected chi connectivity index (χ2v) is 4.90. The molecule has 0 aromatic heterocycles. The molecule has 0 saturated heterocycles. The molecule has 0 fully saturated rings. The van der Waals surface area contributed by atoms with Gasteiger partial charge in [0.05, 0.1) is 19.6 Å². The third kappa shape index (κ3) is 3.58. The summed E-state index contributed by atoms with van der Waals surface area (Å²) in [7, 11) is 1.25. The lowest BCUT2D eigenvalue weighted by atomic mass is 10.2. The van der Waals surface area contributed by atoms with Gasteiger partial charge in [-0.15, -0.1) is 0 Å². The van der Waals surface area contributed by atoms with Crippen molar-refractivity contribution in [2.75, 3.05) is 7.11 Å². The molecule has 1 heterocycles. The van der Waals surface area contributed by atoms with Gasteiger partial charge in [0, 0.05) is 6.08 Å². The molecule has 1 aliphatic heterocycles. The quantitative estimate of drug-likeness (QED) is 0.694. The number of ether oxygens (including phenoxy) is 2. The molecule has 0 saturated carbocycles. The Bertz CT molecular complexity index is 394. The third-order valence-corrected chi connectivity index (χ3v) is 2.22. The Morgan fingerprint density at radius 3 is 2.50 bits per heavy atom. The lowest BCUT2D eigenvalue weighted by molar-refractivity contribution is -0.141. The van der Waals surface area contributed by atoms with Crippen LogP contribution in [-0.4, -0.2) is 41.6 Å². The van der Waals surface area contributed by atoms with Crippen LogP contribution in [0.15, 0.2) is 12.2 Å². The average Bonchev–Trinajstić information content (AvgIpc) is 2.57. The van der Waals surface area contributed by atoms with E-state index in [4.69, 9.17) is 4.74 Å². The minimum Gasteiger partial charge on any atom is -0.469 e. The molecule has 0 radical (unpaired) electrons. The number of amides is 2. The number of hydrogen-bond donors (Lipinski definition) is 0. The molecule has 1 atom stereocenters. The molecule has 1 rings (SSSR count). The summed E-state index contributed by atoms with van der Waals surface area (Å²) in [6, 6.07) is -0.639. The first kappa shape index (κ1) is 14.2. The molecule has 6 heteroatoms. The van der Waals surface area contributed by atoms with Gasteiger partial charge in [0.2, 0.25) is 0 Å². The van der Waals surface area contributed by atoms with Crippen molar-refractivity contribution in [3.05, 3.63) is 12.2 Å². The summed E-state index contributed by atoms with van der Waals surface area (Å²) in [5.41, 5.74) is -0.699. The van der Waals surface area contributed by atoms with E-state index in [-0.39, 0.29) is 6.42 Å². The Kier molecular flexibility index (Phi) is 4.11. The van der Waals surface area contributed by atoms with Crippen LogP contribution in [-0.2, 0) is 19.1 Å². The molecule has 18 heavy (non-hydrogen) atoms. The number of esters is 1. The van der Waals surface area contributed by atoms with Gasteiger partial charge >= 0.3 is 12.1 Å². The van der Waals surface area contributed by atoms with E-state index in [1.54, 1.807) is 20.8 Å². The van der Waals surface area contributed by atoms with Crippen LogP contribution >= 0.6 is 0 Å². The minimum atomic E-state index is -0.758. The van der Waals surface area contributed by atoms with E-state index < -0.39 is 29.6 Å². The number of imide groups is 1. The first-order valence-electron chi connectivity index (χ1n) is 5.56. The van der Waals surface area contributed by atoms with Gasteiger partial charge in [-0.25, -0.2) is 9.69 Å². The van der Waals surface area contributed by atoms with E-state index in [9.17, 15) is 14.4 Å². The maximum absolute atomic E-state index is 11.8. The van der Waals surface area contributed by atoms with Crippen LogP contribution in [0.1, 0.15) is 27.2 Å². The number of carbonyl (C=O) groups is 3. The molecule has 0 spiro atoms. The van der Waals surface area contributed by atoms with E-state index in [1.165, 1.54) is 19.3 Å². The number of hydrogen-bond acceptors (Lipinski definition) is 5. The largest absolute Gasteiger partial charge is 0.469 e. The van der Waals surface area contributed by atoms with Crippen molar-refractivity contribution in [3.63, 3.8) is 0 Å². The molecule has 0 aromatic carbocycles. The van der Waals surface area contributed by atoms with Crippen LogP contribution in [0.5, 0.6) is 0 Å². The summed E-state index contributed by atoms with van der Waals surface area (Å²) >= 11 is 0. The van der Waals surface area contributed by atoms with Gasteiger partial charge in [0.15, 0.2) is 0 Å². The first-order valence-corrected chi connectivity index (χ1v) is 5.56. The smallest absolute Gasteiger partial charge is 0.417 e. The molecular weight excluding hydrogens is 238 g/mol. The molecule has 0 N–H and O–H groups in total. The summed E-state index contributed by atoms with van der Waals surface area (Å²) in [5, 5.41) is 0. The van der Waals surface area contributed by atoms with Gasteiger partial charge in [-0.05, 0) is 20.8 Å². The summed E-state index contributed by atoms with van der Waals surface area (Å²) in [4.78, 5) is 35.5. The summed E-state index contributed by atoms with van der Waals surface area (Å²) in [6.45, 7) is 5.11. The summed E-state index contributed by atoms with van der Waals surface area (Å²) < 4.78 is 9.63. The highest BCUT2D eigenvalue weighted by molar-refractivity contribution is 6.02. The van der Waals surface area contributed by atoms with E-state index >= 15 is 0 Å². The number of carbonyl (C=O) groups excluding carboxylic acids is 3. The van der Waals surface area contributed by atoms with Gasteiger partial charge in [-0.1, -0.05) is 6.08 Å². The lowest BCUT2D eigenvalue weighted by Gasteiger charge is -2.26. The third-order valence-electron chi connectivity index (χ3n) is 2.22. The van der Waals surface area contributed by atoms with Crippen LogP contribution in [0.25, 0.3) is 0 Å². The van der Waals surface area contributed by atoms with Gasteiger partial charge in [0.25, 0.3) is 5.91 Å². The zero-order chi connectivity index (χ0) is 13.9. The molecule has 0 aromatic rings. The molecule has 2 amide bonds. The van der Waals surface area contributed by atoms with Gasteiger partial charge in [0.1, 0.15) is 5.60 Å². The average molecular weight is 255 g/mol. The minimum absolute atomic E-state index is 0.0714. The fourth-order valence-corrected chi connectivity index (χ4v) is 1.47. The molecule has 6 nitrogen and oxygen atoms in total. The predicted octanol–water partition coefficient (Wildman–Crippen LogP) is 1.25. The fraction of sp³-hybridized carbons (Fsp3) is 0.583. The van der Waals surface area contributed by atoms with Crippen LogP contribution in [0.4, 0.5) is 4.79 Å². The summed E-state index contributed by atoms with van der Waals surface area (Å²) in [5.74, 6) is -0.980. The lowest BCUT2D eigenvalue weighted by Crippen LogP contribution is -2.43. The topological polar surface area (TPSA) is 72.9 Å². The van der Waals surface area contributed by atoms with Crippen molar-refractivity contribution in [1.82, 2.24) is 4.90 Å². The Balaban J connectivity index is 2.75. The number of rotatable bonds is 2. The van der Waals surface area contributed by atoms with E-state index in [0.717, 1.165) is 4.90 Å². The Labute approximate surface area is 106 Å². The van der Waals surface area contributed by atoms with E-state index in [0.29, 0.717) is 0 Å². The van der Waals surface area contributed by atoms with Gasteiger partial charge in [-0.3, -0.25) is 9.59 Å². The fourth-order valence-electron chi connectivity index (χ4n) is 1.47. The maximum Gasteiger partial charge on any atom is 0.417 e. The zero-order valence-electron chi connectivity index (χ0n) is 10.9. The molecule has 100 valence electrons. The Hall–Kier alpha value is -1.85. The van der Waals surface area contributed by atoms with Crippen molar-refractivity contribution in [2.24, 2.45) is 0 Å². The number of nitrogens with zero attached hydrogens (tertiary/aromatic N) is 1. The highest BCUT2D eigenvalue weighted by atomic mass is 16.6. The van der Waals surface area contributed by atoms with Crippen LogP contribution < -0.4 is 0 Å². The Morgan fingerprint density at radius 1 is 1.39 bits per heavy atom. The Morgan fingerprint density at radius 2 is 2.00 bits per heavy atom. The van der Waals surface area contributed by atoms with E-state index in [2.05, 4.69) is 4.74 Å². The maximum atomic E-state index is 11.8.